The van der Waals surface area contributed by atoms with Gasteiger partial charge in [0, 0.05) is 28.3 Å². The van der Waals surface area contributed by atoms with Gasteiger partial charge in [0.2, 0.25) is 0 Å². The highest BCUT2D eigenvalue weighted by molar-refractivity contribution is 7.99. The quantitative estimate of drug-likeness (QED) is 0.604. The molecule has 0 saturated heterocycles. The van der Waals surface area contributed by atoms with E-state index in [1.54, 1.807) is 0 Å². The zero-order valence-electron chi connectivity index (χ0n) is 11.5. The standard InChI is InChI=1S/C15H21ClN2S2/c16-12-6-8-13(9-7-12)18-15(19)17-10-11-20-14-4-2-1-3-5-14/h6-9,14H,1-5,10-11H2,(H2,17,18,19). The maximum absolute atomic E-state index is 5.85. The maximum Gasteiger partial charge on any atom is 0.170 e. The lowest BCUT2D eigenvalue weighted by Crippen LogP contribution is -2.30. The summed E-state index contributed by atoms with van der Waals surface area (Å²) in [6.07, 6.45) is 7.00. The number of anilines is 1. The lowest BCUT2D eigenvalue weighted by molar-refractivity contribution is 0.516. The van der Waals surface area contributed by atoms with E-state index in [1.807, 2.05) is 24.3 Å². The summed E-state index contributed by atoms with van der Waals surface area (Å²) in [6.45, 7) is 0.917. The van der Waals surface area contributed by atoms with Gasteiger partial charge in [-0.3, -0.25) is 0 Å². The van der Waals surface area contributed by atoms with E-state index in [4.69, 9.17) is 23.8 Å². The molecule has 2 nitrogen and oxygen atoms in total. The summed E-state index contributed by atoms with van der Waals surface area (Å²) < 4.78 is 0. The minimum absolute atomic E-state index is 0.677. The molecule has 1 aliphatic rings. The molecular formula is C15H21ClN2S2. The van der Waals surface area contributed by atoms with Crippen LogP contribution in [-0.4, -0.2) is 22.7 Å². The fourth-order valence-electron chi connectivity index (χ4n) is 2.33. The third kappa shape index (κ3) is 5.90. The minimum Gasteiger partial charge on any atom is -0.362 e. The molecule has 0 amide bonds. The lowest BCUT2D eigenvalue weighted by Gasteiger charge is -2.21. The first kappa shape index (κ1) is 15.9. The molecule has 5 heteroatoms. The Morgan fingerprint density at radius 1 is 1.20 bits per heavy atom. The molecule has 0 unspecified atom stereocenters. The summed E-state index contributed by atoms with van der Waals surface area (Å²) >= 11 is 13.2. The molecule has 20 heavy (non-hydrogen) atoms. The van der Waals surface area contributed by atoms with E-state index in [-0.39, 0.29) is 0 Å². The van der Waals surface area contributed by atoms with Gasteiger partial charge >= 0.3 is 0 Å². The molecule has 1 aromatic rings. The zero-order chi connectivity index (χ0) is 14.2. The van der Waals surface area contributed by atoms with Crippen LogP contribution in [0.1, 0.15) is 32.1 Å². The average Bonchev–Trinajstić information content (AvgIpc) is 2.47. The van der Waals surface area contributed by atoms with Gasteiger partial charge in [-0.2, -0.15) is 11.8 Å². The second kappa shape index (κ2) is 8.75. The van der Waals surface area contributed by atoms with Crippen LogP contribution < -0.4 is 10.6 Å². The van der Waals surface area contributed by atoms with E-state index in [9.17, 15) is 0 Å². The van der Waals surface area contributed by atoms with Crippen molar-refractivity contribution in [3.8, 4) is 0 Å². The fourth-order valence-corrected chi connectivity index (χ4v) is 3.90. The Bertz CT molecular complexity index is 416. The first-order chi connectivity index (χ1) is 9.74. The van der Waals surface area contributed by atoms with Crippen LogP contribution >= 0.6 is 35.6 Å². The van der Waals surface area contributed by atoms with Crippen molar-refractivity contribution in [2.45, 2.75) is 37.4 Å². The van der Waals surface area contributed by atoms with Crippen molar-refractivity contribution in [1.82, 2.24) is 5.32 Å². The molecule has 1 saturated carbocycles. The average molecular weight is 329 g/mol. The number of thioether (sulfide) groups is 1. The second-order valence-electron chi connectivity index (χ2n) is 5.02. The van der Waals surface area contributed by atoms with Gasteiger partial charge < -0.3 is 10.6 Å². The van der Waals surface area contributed by atoms with Gasteiger partial charge in [0.25, 0.3) is 0 Å². The first-order valence-electron chi connectivity index (χ1n) is 7.16. The van der Waals surface area contributed by atoms with Crippen molar-refractivity contribution in [3.05, 3.63) is 29.3 Å². The predicted octanol–water partition coefficient (Wildman–Crippen LogP) is 4.69. The number of hydrogen-bond acceptors (Lipinski definition) is 2. The van der Waals surface area contributed by atoms with Gasteiger partial charge in [-0.1, -0.05) is 30.9 Å². The molecule has 0 radical (unpaired) electrons. The van der Waals surface area contributed by atoms with Gasteiger partial charge in [-0.25, -0.2) is 0 Å². The molecule has 1 fully saturated rings. The molecule has 0 aromatic heterocycles. The molecule has 0 aliphatic heterocycles. The summed E-state index contributed by atoms with van der Waals surface area (Å²) in [5.74, 6) is 1.12. The summed E-state index contributed by atoms with van der Waals surface area (Å²) in [6, 6.07) is 7.55. The van der Waals surface area contributed by atoms with Crippen molar-refractivity contribution in [1.29, 1.82) is 0 Å². The van der Waals surface area contributed by atoms with Gasteiger partial charge in [-0.05, 0) is 49.3 Å². The number of rotatable bonds is 5. The molecule has 0 atom stereocenters. The Labute approximate surface area is 136 Å². The van der Waals surface area contributed by atoms with Crippen LogP contribution in [0.25, 0.3) is 0 Å². The smallest absolute Gasteiger partial charge is 0.170 e. The van der Waals surface area contributed by atoms with Gasteiger partial charge in [0.05, 0.1) is 0 Å². The minimum atomic E-state index is 0.677. The van der Waals surface area contributed by atoms with Gasteiger partial charge in [0.15, 0.2) is 5.11 Å². The molecule has 1 aliphatic carbocycles. The maximum atomic E-state index is 5.85. The Hall–Kier alpha value is -0.450. The Balaban J connectivity index is 1.59. The third-order valence-electron chi connectivity index (χ3n) is 3.40. The molecule has 0 bridgehead atoms. The highest BCUT2D eigenvalue weighted by Gasteiger charge is 2.12. The third-order valence-corrected chi connectivity index (χ3v) is 5.28. The first-order valence-corrected chi connectivity index (χ1v) is 8.99. The largest absolute Gasteiger partial charge is 0.362 e. The van der Waals surface area contributed by atoms with E-state index in [1.165, 1.54) is 32.1 Å². The van der Waals surface area contributed by atoms with Crippen molar-refractivity contribution >= 4 is 46.4 Å². The molecule has 2 rings (SSSR count). The van der Waals surface area contributed by atoms with Crippen LogP contribution in [0.4, 0.5) is 5.69 Å². The lowest BCUT2D eigenvalue weighted by atomic mass is 10.0. The highest BCUT2D eigenvalue weighted by Crippen LogP contribution is 2.27. The molecule has 0 spiro atoms. The summed E-state index contributed by atoms with van der Waals surface area (Å²) in [7, 11) is 0. The van der Waals surface area contributed by atoms with Crippen LogP contribution in [0, 0.1) is 0 Å². The monoisotopic (exact) mass is 328 g/mol. The fraction of sp³-hybridized carbons (Fsp3) is 0.533. The second-order valence-corrected chi connectivity index (χ2v) is 7.27. The number of hydrogen-bond donors (Lipinski definition) is 2. The highest BCUT2D eigenvalue weighted by atomic mass is 35.5. The van der Waals surface area contributed by atoms with Crippen LogP contribution in [0.5, 0.6) is 0 Å². The van der Waals surface area contributed by atoms with E-state index < -0.39 is 0 Å². The van der Waals surface area contributed by atoms with Crippen molar-refractivity contribution in [3.63, 3.8) is 0 Å². The van der Waals surface area contributed by atoms with Crippen LogP contribution in [0.2, 0.25) is 5.02 Å². The number of halogens is 1. The topological polar surface area (TPSA) is 24.1 Å². The number of nitrogens with one attached hydrogen (secondary N) is 2. The van der Waals surface area contributed by atoms with E-state index in [0.29, 0.717) is 5.11 Å². The van der Waals surface area contributed by atoms with E-state index >= 15 is 0 Å². The van der Waals surface area contributed by atoms with Crippen LogP contribution in [-0.2, 0) is 0 Å². The molecule has 0 heterocycles. The Kier molecular flexibility index (Phi) is 6.97. The summed E-state index contributed by atoms with van der Waals surface area (Å²) in [4.78, 5) is 0. The predicted molar refractivity (Wildman–Crippen MR) is 95.0 cm³/mol. The molecular weight excluding hydrogens is 308 g/mol. The Morgan fingerprint density at radius 2 is 1.90 bits per heavy atom. The number of thiocarbonyl (C=S) groups is 1. The van der Waals surface area contributed by atoms with E-state index in [0.717, 1.165) is 28.3 Å². The van der Waals surface area contributed by atoms with Crippen molar-refractivity contribution in [2.24, 2.45) is 0 Å². The summed E-state index contributed by atoms with van der Waals surface area (Å²) in [5, 5.41) is 8.69. The van der Waals surface area contributed by atoms with Crippen LogP contribution in [0.15, 0.2) is 24.3 Å². The van der Waals surface area contributed by atoms with Crippen molar-refractivity contribution < 1.29 is 0 Å². The SMILES string of the molecule is S=C(NCCSC1CCCCC1)Nc1ccc(Cl)cc1. The van der Waals surface area contributed by atoms with Crippen molar-refractivity contribution in [2.75, 3.05) is 17.6 Å². The van der Waals surface area contributed by atoms with Crippen LogP contribution in [0.3, 0.4) is 0 Å². The molecule has 2 N–H and O–H groups in total. The van der Waals surface area contributed by atoms with Gasteiger partial charge in [0.1, 0.15) is 0 Å². The van der Waals surface area contributed by atoms with E-state index in [2.05, 4.69) is 22.4 Å². The number of benzene rings is 1. The summed E-state index contributed by atoms with van der Waals surface area (Å²) in [5.41, 5.74) is 0.965. The van der Waals surface area contributed by atoms with Gasteiger partial charge in [-0.15, -0.1) is 0 Å². The molecule has 110 valence electrons. The molecule has 1 aromatic carbocycles. The zero-order valence-corrected chi connectivity index (χ0v) is 13.9. The normalized spacial score (nSPS) is 15.8. The Morgan fingerprint density at radius 3 is 2.60 bits per heavy atom.